The topological polar surface area (TPSA) is 115 Å². The fourth-order valence-electron chi connectivity index (χ4n) is 1.81. The lowest BCUT2D eigenvalue weighted by atomic mass is 10.1. The van der Waals surface area contributed by atoms with Crippen molar-refractivity contribution in [3.8, 4) is 17.3 Å². The van der Waals surface area contributed by atoms with E-state index in [-0.39, 0.29) is 23.7 Å². The van der Waals surface area contributed by atoms with Gasteiger partial charge in [0.1, 0.15) is 5.56 Å². The summed E-state index contributed by atoms with van der Waals surface area (Å²) < 4.78 is 4.75. The zero-order valence-corrected chi connectivity index (χ0v) is 11.9. The van der Waals surface area contributed by atoms with Crippen LogP contribution in [0.25, 0.3) is 11.4 Å². The van der Waals surface area contributed by atoms with Gasteiger partial charge in [-0.25, -0.2) is 9.78 Å². The van der Waals surface area contributed by atoms with Gasteiger partial charge in [0, 0.05) is 23.4 Å². The Morgan fingerprint density at radius 1 is 1.45 bits per heavy atom. The number of benzene rings is 1. The Balaban J connectivity index is 2.42. The largest absolute Gasteiger partial charge is 0.493 e. The van der Waals surface area contributed by atoms with Crippen LogP contribution in [0.2, 0.25) is 0 Å². The molecule has 22 heavy (non-hydrogen) atoms. The van der Waals surface area contributed by atoms with Crippen molar-refractivity contribution in [3.63, 3.8) is 0 Å². The molecule has 0 fully saturated rings. The Hall–Kier alpha value is -3.03. The van der Waals surface area contributed by atoms with Gasteiger partial charge in [0.25, 0.3) is 5.69 Å². The smallest absolute Gasteiger partial charge is 0.345 e. The second-order valence-corrected chi connectivity index (χ2v) is 4.41. The zero-order chi connectivity index (χ0) is 16.3. The standard InChI is InChI=1S/C14H13N3O5/c1-3-22-14(19)10-7-15-12(16-13(10)18)9-5-4-8(2)11(6-9)17(20)21/h4-7H,3H2,1-2H3,(H,15,16,18). The Kier molecular flexibility index (Phi) is 4.31. The molecule has 1 N–H and O–H groups in total. The van der Waals surface area contributed by atoms with Crippen molar-refractivity contribution in [1.82, 2.24) is 9.97 Å². The molecule has 0 radical (unpaired) electrons. The van der Waals surface area contributed by atoms with Crippen LogP contribution in [0.1, 0.15) is 22.8 Å². The van der Waals surface area contributed by atoms with Gasteiger partial charge in [0.15, 0.2) is 5.82 Å². The monoisotopic (exact) mass is 303 g/mol. The second kappa shape index (κ2) is 6.17. The molecule has 2 aromatic rings. The van der Waals surface area contributed by atoms with Crippen LogP contribution in [0, 0.1) is 17.0 Å². The number of aromatic hydroxyl groups is 1. The van der Waals surface area contributed by atoms with E-state index in [1.807, 2.05) is 0 Å². The highest BCUT2D eigenvalue weighted by atomic mass is 16.6. The number of aromatic nitrogens is 2. The van der Waals surface area contributed by atoms with Crippen molar-refractivity contribution in [2.45, 2.75) is 13.8 Å². The lowest BCUT2D eigenvalue weighted by Gasteiger charge is -2.06. The number of carbonyl (C=O) groups excluding carboxylic acids is 1. The van der Waals surface area contributed by atoms with E-state index < -0.39 is 16.8 Å². The lowest BCUT2D eigenvalue weighted by Crippen LogP contribution is -2.07. The van der Waals surface area contributed by atoms with Gasteiger partial charge in [0.2, 0.25) is 5.88 Å². The van der Waals surface area contributed by atoms with E-state index in [1.54, 1.807) is 26.0 Å². The number of aryl methyl sites for hydroxylation is 1. The molecule has 0 aliphatic carbocycles. The molecule has 8 nitrogen and oxygen atoms in total. The van der Waals surface area contributed by atoms with E-state index in [4.69, 9.17) is 4.74 Å². The van der Waals surface area contributed by atoms with E-state index in [0.717, 1.165) is 6.20 Å². The number of nitrogens with zero attached hydrogens (tertiary/aromatic N) is 3. The summed E-state index contributed by atoms with van der Waals surface area (Å²) in [4.78, 5) is 29.7. The first kappa shape index (κ1) is 15.4. The van der Waals surface area contributed by atoms with Crippen LogP contribution in [-0.2, 0) is 4.74 Å². The van der Waals surface area contributed by atoms with Crippen molar-refractivity contribution >= 4 is 11.7 Å². The maximum atomic E-state index is 11.5. The molecule has 2 rings (SSSR count). The summed E-state index contributed by atoms with van der Waals surface area (Å²) in [5.41, 5.74) is 0.631. The highest BCUT2D eigenvalue weighted by Gasteiger charge is 2.18. The lowest BCUT2D eigenvalue weighted by molar-refractivity contribution is -0.385. The summed E-state index contributed by atoms with van der Waals surface area (Å²) in [6, 6.07) is 4.47. The van der Waals surface area contributed by atoms with Gasteiger partial charge < -0.3 is 9.84 Å². The van der Waals surface area contributed by atoms with Crippen LogP contribution in [0.4, 0.5) is 5.69 Å². The quantitative estimate of drug-likeness (QED) is 0.523. The molecule has 0 aliphatic rings. The number of nitro benzene ring substituents is 1. The highest BCUT2D eigenvalue weighted by molar-refractivity contribution is 5.91. The van der Waals surface area contributed by atoms with Crippen LogP contribution in [0.3, 0.4) is 0 Å². The minimum atomic E-state index is -0.735. The number of rotatable bonds is 4. The predicted molar refractivity (Wildman–Crippen MR) is 76.5 cm³/mol. The van der Waals surface area contributed by atoms with Crippen LogP contribution < -0.4 is 0 Å². The number of esters is 1. The Labute approximate surface area is 125 Å². The van der Waals surface area contributed by atoms with Crippen molar-refractivity contribution in [3.05, 3.63) is 45.6 Å². The molecule has 1 aromatic heterocycles. The molecule has 8 heteroatoms. The third kappa shape index (κ3) is 3.00. The first-order valence-electron chi connectivity index (χ1n) is 6.42. The minimum absolute atomic E-state index is 0.0740. The molecule has 1 heterocycles. The number of ether oxygens (including phenoxy) is 1. The summed E-state index contributed by atoms with van der Waals surface area (Å²) in [6.07, 6.45) is 1.13. The van der Waals surface area contributed by atoms with E-state index in [9.17, 15) is 20.0 Å². The second-order valence-electron chi connectivity index (χ2n) is 4.41. The Bertz CT molecular complexity index is 745. The van der Waals surface area contributed by atoms with E-state index in [1.165, 1.54) is 6.07 Å². The molecule has 0 saturated heterocycles. The molecule has 0 bridgehead atoms. The normalized spacial score (nSPS) is 10.3. The van der Waals surface area contributed by atoms with Gasteiger partial charge in [-0.2, -0.15) is 4.98 Å². The fourth-order valence-corrected chi connectivity index (χ4v) is 1.81. The Morgan fingerprint density at radius 2 is 2.18 bits per heavy atom. The van der Waals surface area contributed by atoms with Gasteiger partial charge in [-0.3, -0.25) is 10.1 Å². The average molecular weight is 303 g/mol. The summed E-state index contributed by atoms with van der Waals surface area (Å²) in [6.45, 7) is 3.41. The third-order valence-electron chi connectivity index (χ3n) is 2.93. The van der Waals surface area contributed by atoms with Crippen LogP contribution >= 0.6 is 0 Å². The third-order valence-corrected chi connectivity index (χ3v) is 2.93. The van der Waals surface area contributed by atoms with Crippen molar-refractivity contribution in [1.29, 1.82) is 0 Å². The van der Waals surface area contributed by atoms with Crippen LogP contribution in [-0.4, -0.2) is 32.6 Å². The molecule has 114 valence electrons. The SMILES string of the molecule is CCOC(=O)c1cnc(-c2ccc(C)c([N+](=O)[O-])c2)nc1O. The maximum Gasteiger partial charge on any atom is 0.345 e. The highest BCUT2D eigenvalue weighted by Crippen LogP contribution is 2.26. The summed E-state index contributed by atoms with van der Waals surface area (Å²) in [7, 11) is 0. The predicted octanol–water partition coefficient (Wildman–Crippen LogP) is 2.24. The molecule has 0 amide bonds. The molecule has 0 saturated carbocycles. The van der Waals surface area contributed by atoms with Gasteiger partial charge in [-0.1, -0.05) is 12.1 Å². The summed E-state index contributed by atoms with van der Waals surface area (Å²) >= 11 is 0. The minimum Gasteiger partial charge on any atom is -0.493 e. The number of carbonyl (C=O) groups is 1. The first-order chi connectivity index (χ1) is 10.4. The molecule has 1 aromatic carbocycles. The number of hydrogen-bond acceptors (Lipinski definition) is 7. The van der Waals surface area contributed by atoms with Crippen molar-refractivity contribution in [2.75, 3.05) is 6.61 Å². The van der Waals surface area contributed by atoms with Crippen LogP contribution in [0.5, 0.6) is 5.88 Å². The maximum absolute atomic E-state index is 11.5. The van der Waals surface area contributed by atoms with E-state index >= 15 is 0 Å². The fraction of sp³-hybridized carbons (Fsp3) is 0.214. The zero-order valence-electron chi connectivity index (χ0n) is 11.9. The van der Waals surface area contributed by atoms with Gasteiger partial charge in [-0.05, 0) is 13.8 Å². The van der Waals surface area contributed by atoms with Crippen molar-refractivity contribution in [2.24, 2.45) is 0 Å². The molecule has 0 spiro atoms. The van der Waals surface area contributed by atoms with E-state index in [0.29, 0.717) is 11.1 Å². The van der Waals surface area contributed by atoms with E-state index in [2.05, 4.69) is 9.97 Å². The van der Waals surface area contributed by atoms with Crippen molar-refractivity contribution < 1.29 is 19.6 Å². The molecular formula is C14H13N3O5. The molecular weight excluding hydrogens is 290 g/mol. The summed E-state index contributed by atoms with van der Waals surface area (Å²) in [5, 5.41) is 20.7. The molecule has 0 aliphatic heterocycles. The average Bonchev–Trinajstić information content (AvgIpc) is 2.47. The number of hydrogen-bond donors (Lipinski definition) is 1. The molecule has 0 atom stereocenters. The molecule has 0 unspecified atom stereocenters. The van der Waals surface area contributed by atoms with Gasteiger partial charge in [0.05, 0.1) is 11.5 Å². The van der Waals surface area contributed by atoms with Gasteiger partial charge >= 0.3 is 5.97 Å². The number of nitro groups is 1. The van der Waals surface area contributed by atoms with Gasteiger partial charge in [-0.15, -0.1) is 0 Å². The Morgan fingerprint density at radius 3 is 2.77 bits per heavy atom. The summed E-state index contributed by atoms with van der Waals surface area (Å²) in [5.74, 6) is -1.19. The van der Waals surface area contributed by atoms with Crippen LogP contribution in [0.15, 0.2) is 24.4 Å². The first-order valence-corrected chi connectivity index (χ1v) is 6.42.